The molecular formula is C13H22N2O4. The number of hydrogen-bond donors (Lipinski definition) is 1. The van der Waals surface area contributed by atoms with E-state index in [1.807, 2.05) is 32.8 Å². The van der Waals surface area contributed by atoms with Crippen molar-refractivity contribution in [3.05, 3.63) is 34.4 Å². The Morgan fingerprint density at radius 1 is 1.32 bits per heavy atom. The van der Waals surface area contributed by atoms with Gasteiger partial charge >= 0.3 is 0 Å². The van der Waals surface area contributed by atoms with E-state index in [0.717, 1.165) is 0 Å². The summed E-state index contributed by atoms with van der Waals surface area (Å²) < 4.78 is 5.30. The summed E-state index contributed by atoms with van der Waals surface area (Å²) in [5, 5.41) is 20.0. The minimum absolute atomic E-state index is 0.0196. The molecule has 0 aromatic heterocycles. The first-order valence-corrected chi connectivity index (χ1v) is 6.19. The smallest absolute Gasteiger partial charge is 0.269 e. The molecular weight excluding hydrogens is 248 g/mol. The van der Waals surface area contributed by atoms with Crippen LogP contribution in [0.25, 0.3) is 0 Å². The zero-order chi connectivity index (χ0) is 14.8. The lowest BCUT2D eigenvalue weighted by Crippen LogP contribution is -2.30. The van der Waals surface area contributed by atoms with Gasteiger partial charge in [0.25, 0.3) is 5.69 Å². The summed E-state index contributed by atoms with van der Waals surface area (Å²) in [6, 6.07) is 5.77. The van der Waals surface area contributed by atoms with Gasteiger partial charge in [-0.1, -0.05) is 13.8 Å². The topological polar surface area (TPSA) is 75.8 Å². The summed E-state index contributed by atoms with van der Waals surface area (Å²) in [5.74, 6) is 0.508. The molecule has 0 aliphatic heterocycles. The van der Waals surface area contributed by atoms with Crippen molar-refractivity contribution in [1.82, 2.24) is 4.90 Å². The molecule has 0 aliphatic rings. The standard InChI is InChI=1S/C11H16N2O4.C2H6/c1-12(2)7-10(14)8-17-11-5-3-9(4-6-11)13(15)16;1-2/h3-6,10,14H,7-8H2,1-2H3;1-2H3. The number of nitrogens with zero attached hydrogens (tertiary/aromatic N) is 2. The molecule has 0 bridgehead atoms. The molecule has 1 aromatic carbocycles. The normalized spacial score (nSPS) is 11.5. The van der Waals surface area contributed by atoms with Crippen LogP contribution in [0.3, 0.4) is 0 Å². The number of non-ortho nitro benzene ring substituents is 1. The Bertz CT molecular complexity index is 365. The summed E-state index contributed by atoms with van der Waals surface area (Å²) in [6.07, 6.45) is -0.583. The lowest BCUT2D eigenvalue weighted by Gasteiger charge is -2.16. The van der Waals surface area contributed by atoms with Gasteiger partial charge in [-0.2, -0.15) is 0 Å². The lowest BCUT2D eigenvalue weighted by atomic mass is 10.3. The predicted octanol–water partition coefficient (Wildman–Crippen LogP) is 1.92. The number of likely N-dealkylation sites (N-methyl/N-ethyl adjacent to an activating group) is 1. The van der Waals surface area contributed by atoms with Crippen LogP contribution in [0.2, 0.25) is 0 Å². The number of aliphatic hydroxyl groups is 1. The second kappa shape index (κ2) is 9.29. The Kier molecular flexibility index (Phi) is 8.48. The number of nitro groups is 1. The van der Waals surface area contributed by atoms with Crippen molar-refractivity contribution < 1.29 is 14.8 Å². The maximum Gasteiger partial charge on any atom is 0.269 e. The van der Waals surface area contributed by atoms with Crippen LogP contribution in [0.15, 0.2) is 24.3 Å². The molecule has 108 valence electrons. The molecule has 0 saturated carbocycles. The SMILES string of the molecule is CC.CN(C)CC(O)COc1ccc([N+](=O)[O-])cc1. The molecule has 0 amide bonds. The van der Waals surface area contributed by atoms with Crippen LogP contribution >= 0.6 is 0 Å². The first-order valence-electron chi connectivity index (χ1n) is 6.19. The molecule has 0 saturated heterocycles. The van der Waals surface area contributed by atoms with Crippen molar-refractivity contribution in [2.24, 2.45) is 0 Å². The number of rotatable bonds is 6. The Hall–Kier alpha value is -1.66. The lowest BCUT2D eigenvalue weighted by molar-refractivity contribution is -0.384. The van der Waals surface area contributed by atoms with Gasteiger partial charge in [0.1, 0.15) is 18.5 Å². The first-order chi connectivity index (χ1) is 8.99. The fraction of sp³-hybridized carbons (Fsp3) is 0.538. The third-order valence-corrected chi connectivity index (χ3v) is 2.07. The minimum atomic E-state index is -0.583. The van der Waals surface area contributed by atoms with Crippen LogP contribution in [0.5, 0.6) is 5.75 Å². The van der Waals surface area contributed by atoms with Gasteiger partial charge < -0.3 is 14.7 Å². The highest BCUT2D eigenvalue weighted by Gasteiger charge is 2.08. The van der Waals surface area contributed by atoms with E-state index in [1.54, 1.807) is 0 Å². The Labute approximate surface area is 113 Å². The maximum absolute atomic E-state index is 10.4. The van der Waals surface area contributed by atoms with Crippen molar-refractivity contribution in [1.29, 1.82) is 0 Å². The van der Waals surface area contributed by atoms with E-state index in [2.05, 4.69) is 0 Å². The van der Waals surface area contributed by atoms with Crippen LogP contribution in [0.4, 0.5) is 5.69 Å². The van der Waals surface area contributed by atoms with Gasteiger partial charge in [0, 0.05) is 18.7 Å². The molecule has 0 fully saturated rings. The molecule has 1 atom stereocenters. The summed E-state index contributed by atoms with van der Waals surface area (Å²) in [4.78, 5) is 11.8. The molecule has 1 N–H and O–H groups in total. The average Bonchev–Trinajstić information content (AvgIpc) is 2.38. The number of hydrogen-bond acceptors (Lipinski definition) is 5. The van der Waals surface area contributed by atoms with Crippen molar-refractivity contribution in [2.75, 3.05) is 27.2 Å². The molecule has 6 nitrogen and oxygen atoms in total. The van der Waals surface area contributed by atoms with E-state index in [-0.39, 0.29) is 12.3 Å². The molecule has 0 radical (unpaired) electrons. The van der Waals surface area contributed by atoms with Gasteiger partial charge in [0.05, 0.1) is 4.92 Å². The van der Waals surface area contributed by atoms with Crippen LogP contribution in [0, 0.1) is 10.1 Å². The zero-order valence-electron chi connectivity index (χ0n) is 11.9. The fourth-order valence-corrected chi connectivity index (χ4v) is 1.33. The van der Waals surface area contributed by atoms with Crippen molar-refractivity contribution in [3.8, 4) is 5.75 Å². The largest absolute Gasteiger partial charge is 0.491 e. The van der Waals surface area contributed by atoms with E-state index in [9.17, 15) is 15.2 Å². The maximum atomic E-state index is 10.4. The third kappa shape index (κ3) is 7.38. The second-order valence-corrected chi connectivity index (χ2v) is 3.98. The molecule has 1 aromatic rings. The molecule has 6 heteroatoms. The van der Waals surface area contributed by atoms with E-state index in [1.165, 1.54) is 24.3 Å². The molecule has 1 unspecified atom stereocenters. The van der Waals surface area contributed by atoms with Gasteiger partial charge in [0.2, 0.25) is 0 Å². The first kappa shape index (κ1) is 17.3. The highest BCUT2D eigenvalue weighted by atomic mass is 16.6. The molecule has 0 aliphatic carbocycles. The second-order valence-electron chi connectivity index (χ2n) is 3.98. The highest BCUT2D eigenvalue weighted by molar-refractivity contribution is 5.35. The van der Waals surface area contributed by atoms with Gasteiger partial charge in [-0.05, 0) is 26.2 Å². The summed E-state index contributed by atoms with van der Waals surface area (Å²) in [7, 11) is 3.71. The number of ether oxygens (including phenoxy) is 1. The summed E-state index contributed by atoms with van der Waals surface area (Å²) in [5.41, 5.74) is 0.0196. The predicted molar refractivity (Wildman–Crippen MR) is 74.5 cm³/mol. The van der Waals surface area contributed by atoms with Crippen LogP contribution < -0.4 is 4.74 Å². The van der Waals surface area contributed by atoms with E-state index < -0.39 is 11.0 Å². The highest BCUT2D eigenvalue weighted by Crippen LogP contribution is 2.17. The Balaban J connectivity index is 0.00000154. The third-order valence-electron chi connectivity index (χ3n) is 2.07. The van der Waals surface area contributed by atoms with Crippen molar-refractivity contribution in [3.63, 3.8) is 0 Å². The van der Waals surface area contributed by atoms with E-state index in [4.69, 9.17) is 4.74 Å². The van der Waals surface area contributed by atoms with Crippen LogP contribution in [-0.2, 0) is 0 Å². The Morgan fingerprint density at radius 2 is 1.84 bits per heavy atom. The van der Waals surface area contributed by atoms with Crippen molar-refractivity contribution >= 4 is 5.69 Å². The van der Waals surface area contributed by atoms with Gasteiger partial charge in [-0.15, -0.1) is 0 Å². The van der Waals surface area contributed by atoms with Gasteiger partial charge in [-0.25, -0.2) is 0 Å². The Morgan fingerprint density at radius 3 is 2.26 bits per heavy atom. The zero-order valence-corrected chi connectivity index (χ0v) is 11.9. The molecule has 0 spiro atoms. The summed E-state index contributed by atoms with van der Waals surface area (Å²) >= 11 is 0. The number of benzene rings is 1. The van der Waals surface area contributed by atoms with Crippen LogP contribution in [0.1, 0.15) is 13.8 Å². The van der Waals surface area contributed by atoms with Crippen LogP contribution in [-0.4, -0.2) is 48.3 Å². The molecule has 0 heterocycles. The molecule has 1 rings (SSSR count). The number of aliphatic hydroxyl groups excluding tert-OH is 1. The van der Waals surface area contributed by atoms with Crippen molar-refractivity contribution in [2.45, 2.75) is 20.0 Å². The minimum Gasteiger partial charge on any atom is -0.491 e. The average molecular weight is 270 g/mol. The van der Waals surface area contributed by atoms with Gasteiger partial charge in [-0.3, -0.25) is 10.1 Å². The van der Waals surface area contributed by atoms with E-state index in [0.29, 0.717) is 12.3 Å². The quantitative estimate of drug-likeness (QED) is 0.631. The van der Waals surface area contributed by atoms with E-state index >= 15 is 0 Å². The van der Waals surface area contributed by atoms with Gasteiger partial charge in [0.15, 0.2) is 0 Å². The summed E-state index contributed by atoms with van der Waals surface area (Å²) in [6.45, 7) is 4.67. The fourth-order valence-electron chi connectivity index (χ4n) is 1.33. The monoisotopic (exact) mass is 270 g/mol. The number of nitro benzene ring substituents is 1. The molecule has 19 heavy (non-hydrogen) atoms.